The summed E-state index contributed by atoms with van der Waals surface area (Å²) in [4.78, 5) is 24.6. The standard InChI is InChI=1S/C11H17NO3/c1-3-5-10(13)12-7-4-6-9(8-12)11(14)15-2/h3,9H,1,4-8H2,2H3/t9-/m0/s1. The molecule has 15 heavy (non-hydrogen) atoms. The zero-order valence-corrected chi connectivity index (χ0v) is 9.07. The molecule has 1 atom stereocenters. The Bertz CT molecular complexity index is 263. The van der Waals surface area contributed by atoms with Gasteiger partial charge in [0.2, 0.25) is 5.91 Å². The first-order chi connectivity index (χ1) is 7.19. The van der Waals surface area contributed by atoms with Gasteiger partial charge in [-0.2, -0.15) is 0 Å². The molecular formula is C11H17NO3. The molecule has 0 radical (unpaired) electrons. The third-order valence-electron chi connectivity index (χ3n) is 2.63. The average Bonchev–Trinajstić information content (AvgIpc) is 2.28. The van der Waals surface area contributed by atoms with Gasteiger partial charge in [-0.25, -0.2) is 0 Å². The zero-order valence-electron chi connectivity index (χ0n) is 9.07. The minimum Gasteiger partial charge on any atom is -0.469 e. The first-order valence-electron chi connectivity index (χ1n) is 5.15. The lowest BCUT2D eigenvalue weighted by Crippen LogP contribution is -2.42. The van der Waals surface area contributed by atoms with E-state index in [0.717, 1.165) is 19.4 Å². The highest BCUT2D eigenvalue weighted by molar-refractivity contribution is 5.79. The van der Waals surface area contributed by atoms with E-state index in [1.165, 1.54) is 7.11 Å². The first kappa shape index (κ1) is 11.8. The highest BCUT2D eigenvalue weighted by Gasteiger charge is 2.28. The fraction of sp³-hybridized carbons (Fsp3) is 0.636. The van der Waals surface area contributed by atoms with Crippen LogP contribution in [0.1, 0.15) is 19.3 Å². The van der Waals surface area contributed by atoms with Crippen molar-refractivity contribution in [3.05, 3.63) is 12.7 Å². The molecule has 4 nitrogen and oxygen atoms in total. The van der Waals surface area contributed by atoms with E-state index in [1.807, 2.05) is 0 Å². The highest BCUT2D eigenvalue weighted by atomic mass is 16.5. The Morgan fingerprint density at radius 2 is 2.33 bits per heavy atom. The molecule has 1 amide bonds. The molecule has 4 heteroatoms. The molecule has 84 valence electrons. The van der Waals surface area contributed by atoms with E-state index >= 15 is 0 Å². The van der Waals surface area contributed by atoms with Crippen LogP contribution in [-0.4, -0.2) is 37.0 Å². The van der Waals surface area contributed by atoms with E-state index < -0.39 is 0 Å². The van der Waals surface area contributed by atoms with Gasteiger partial charge in [0.15, 0.2) is 0 Å². The van der Waals surface area contributed by atoms with Gasteiger partial charge in [0, 0.05) is 19.5 Å². The van der Waals surface area contributed by atoms with Gasteiger partial charge in [0.1, 0.15) is 0 Å². The molecule has 0 N–H and O–H groups in total. The van der Waals surface area contributed by atoms with Crippen molar-refractivity contribution in [2.75, 3.05) is 20.2 Å². The van der Waals surface area contributed by atoms with Crippen LogP contribution in [0.4, 0.5) is 0 Å². The van der Waals surface area contributed by atoms with Crippen molar-refractivity contribution in [2.45, 2.75) is 19.3 Å². The lowest BCUT2D eigenvalue weighted by molar-refractivity contribution is -0.148. The molecule has 0 aromatic carbocycles. The summed E-state index contributed by atoms with van der Waals surface area (Å²) in [6.07, 6.45) is 3.60. The van der Waals surface area contributed by atoms with Gasteiger partial charge in [-0.15, -0.1) is 6.58 Å². The summed E-state index contributed by atoms with van der Waals surface area (Å²) >= 11 is 0. The number of carbonyl (C=O) groups is 2. The summed E-state index contributed by atoms with van der Waals surface area (Å²) in [7, 11) is 1.38. The van der Waals surface area contributed by atoms with Crippen molar-refractivity contribution in [3.8, 4) is 0 Å². The maximum absolute atomic E-state index is 11.6. The van der Waals surface area contributed by atoms with Crippen LogP contribution in [-0.2, 0) is 14.3 Å². The number of carbonyl (C=O) groups excluding carboxylic acids is 2. The van der Waals surface area contributed by atoms with Gasteiger partial charge in [0.05, 0.1) is 13.0 Å². The monoisotopic (exact) mass is 211 g/mol. The van der Waals surface area contributed by atoms with Crippen LogP contribution in [0.3, 0.4) is 0 Å². The van der Waals surface area contributed by atoms with Crippen molar-refractivity contribution in [3.63, 3.8) is 0 Å². The number of ether oxygens (including phenoxy) is 1. The summed E-state index contributed by atoms with van der Waals surface area (Å²) in [5.41, 5.74) is 0. The Labute approximate surface area is 89.9 Å². The van der Waals surface area contributed by atoms with Crippen molar-refractivity contribution < 1.29 is 14.3 Å². The second kappa shape index (κ2) is 5.53. The second-order valence-corrected chi connectivity index (χ2v) is 3.69. The van der Waals surface area contributed by atoms with E-state index in [0.29, 0.717) is 13.0 Å². The number of amides is 1. The summed E-state index contributed by atoms with van der Waals surface area (Å²) < 4.78 is 4.68. The van der Waals surface area contributed by atoms with Gasteiger partial charge in [-0.3, -0.25) is 9.59 Å². The largest absolute Gasteiger partial charge is 0.469 e. The number of rotatable bonds is 3. The normalized spacial score (nSPS) is 20.9. The average molecular weight is 211 g/mol. The van der Waals surface area contributed by atoms with E-state index in [4.69, 9.17) is 0 Å². The van der Waals surface area contributed by atoms with E-state index in [2.05, 4.69) is 11.3 Å². The quantitative estimate of drug-likeness (QED) is 0.516. The van der Waals surface area contributed by atoms with Crippen LogP contribution in [0.15, 0.2) is 12.7 Å². The smallest absolute Gasteiger partial charge is 0.310 e. The van der Waals surface area contributed by atoms with Crippen molar-refractivity contribution in [2.24, 2.45) is 5.92 Å². The number of esters is 1. The Morgan fingerprint density at radius 3 is 2.93 bits per heavy atom. The molecule has 0 spiro atoms. The highest BCUT2D eigenvalue weighted by Crippen LogP contribution is 2.18. The molecule has 0 aromatic heterocycles. The van der Waals surface area contributed by atoms with Crippen LogP contribution in [0.25, 0.3) is 0 Å². The van der Waals surface area contributed by atoms with E-state index in [1.54, 1.807) is 11.0 Å². The predicted octanol–water partition coefficient (Wildman–Crippen LogP) is 0.974. The van der Waals surface area contributed by atoms with Crippen molar-refractivity contribution in [1.29, 1.82) is 0 Å². The van der Waals surface area contributed by atoms with Gasteiger partial charge in [-0.1, -0.05) is 6.08 Å². The molecule has 0 bridgehead atoms. The van der Waals surface area contributed by atoms with Crippen LogP contribution in [0, 0.1) is 5.92 Å². The SMILES string of the molecule is C=CCC(=O)N1CCC[C@H](C(=O)OC)C1. The Morgan fingerprint density at radius 1 is 1.60 bits per heavy atom. The van der Waals surface area contributed by atoms with Gasteiger partial charge >= 0.3 is 5.97 Å². The molecule has 1 saturated heterocycles. The third kappa shape index (κ3) is 3.08. The number of likely N-dealkylation sites (tertiary alicyclic amines) is 1. The van der Waals surface area contributed by atoms with E-state index in [9.17, 15) is 9.59 Å². The molecule has 0 aromatic rings. The molecule has 0 aliphatic carbocycles. The predicted molar refractivity (Wildman–Crippen MR) is 56.1 cm³/mol. The number of hydrogen-bond donors (Lipinski definition) is 0. The number of hydrogen-bond acceptors (Lipinski definition) is 3. The molecule has 1 aliphatic rings. The summed E-state index contributed by atoms with van der Waals surface area (Å²) in [5.74, 6) is -0.331. The number of nitrogens with zero attached hydrogens (tertiary/aromatic N) is 1. The molecule has 1 heterocycles. The Balaban J connectivity index is 2.51. The lowest BCUT2D eigenvalue weighted by atomic mass is 9.98. The lowest BCUT2D eigenvalue weighted by Gasteiger charge is -2.31. The molecule has 0 unspecified atom stereocenters. The van der Waals surface area contributed by atoms with Crippen LogP contribution >= 0.6 is 0 Å². The third-order valence-corrected chi connectivity index (χ3v) is 2.63. The second-order valence-electron chi connectivity index (χ2n) is 3.69. The Kier molecular flexibility index (Phi) is 4.34. The maximum atomic E-state index is 11.6. The van der Waals surface area contributed by atoms with Crippen LogP contribution in [0.5, 0.6) is 0 Å². The summed E-state index contributed by atoms with van der Waals surface area (Å²) in [6, 6.07) is 0. The molecular weight excluding hydrogens is 194 g/mol. The fourth-order valence-corrected chi connectivity index (χ4v) is 1.82. The van der Waals surface area contributed by atoms with Crippen LogP contribution in [0.2, 0.25) is 0 Å². The zero-order chi connectivity index (χ0) is 11.3. The minimum absolute atomic E-state index is 0.0404. The first-order valence-corrected chi connectivity index (χ1v) is 5.15. The van der Waals surface area contributed by atoms with Gasteiger partial charge < -0.3 is 9.64 Å². The van der Waals surface area contributed by atoms with Crippen molar-refractivity contribution >= 4 is 11.9 Å². The van der Waals surface area contributed by atoms with E-state index in [-0.39, 0.29) is 17.8 Å². The number of piperidine rings is 1. The number of methoxy groups -OCH3 is 1. The summed E-state index contributed by atoms with van der Waals surface area (Å²) in [5, 5.41) is 0. The van der Waals surface area contributed by atoms with Crippen molar-refractivity contribution in [1.82, 2.24) is 4.90 Å². The van der Waals surface area contributed by atoms with Gasteiger partial charge in [-0.05, 0) is 12.8 Å². The molecule has 1 rings (SSSR count). The summed E-state index contributed by atoms with van der Waals surface area (Å²) in [6.45, 7) is 4.75. The minimum atomic E-state index is -0.217. The topological polar surface area (TPSA) is 46.6 Å². The maximum Gasteiger partial charge on any atom is 0.310 e. The fourth-order valence-electron chi connectivity index (χ4n) is 1.82. The Hall–Kier alpha value is -1.32. The molecule has 1 aliphatic heterocycles. The van der Waals surface area contributed by atoms with Gasteiger partial charge in [0.25, 0.3) is 0 Å². The molecule has 0 saturated carbocycles. The molecule has 1 fully saturated rings. The van der Waals surface area contributed by atoms with Crippen LogP contribution < -0.4 is 0 Å².